The lowest BCUT2D eigenvalue weighted by Gasteiger charge is -2.15. The van der Waals surface area contributed by atoms with Crippen molar-refractivity contribution in [2.24, 2.45) is 11.8 Å². The van der Waals surface area contributed by atoms with E-state index in [1.807, 2.05) is 27.7 Å². The van der Waals surface area contributed by atoms with Crippen molar-refractivity contribution in [3.63, 3.8) is 0 Å². The molecule has 116 valence electrons. The summed E-state index contributed by atoms with van der Waals surface area (Å²) in [6.45, 7) is 7.75. The van der Waals surface area contributed by atoms with Crippen LogP contribution in [0.1, 0.15) is 47.0 Å². The summed E-state index contributed by atoms with van der Waals surface area (Å²) in [4.78, 5) is 23.7. The molecule has 0 saturated carbocycles. The molecule has 0 aromatic heterocycles. The van der Waals surface area contributed by atoms with Gasteiger partial charge < -0.3 is 9.47 Å². The smallest absolute Gasteiger partial charge is 0.314 e. The van der Waals surface area contributed by atoms with Gasteiger partial charge in [0.05, 0.1) is 5.92 Å². The van der Waals surface area contributed by atoms with Crippen molar-refractivity contribution >= 4 is 11.9 Å². The van der Waals surface area contributed by atoms with Gasteiger partial charge in [0, 0.05) is 6.42 Å². The Hall–Kier alpha value is -1.84. The minimum absolute atomic E-state index is 0.191. The number of benzene rings is 1. The summed E-state index contributed by atoms with van der Waals surface area (Å²) in [7, 11) is 0. The van der Waals surface area contributed by atoms with Crippen LogP contribution >= 0.6 is 0 Å². The Morgan fingerprint density at radius 1 is 1.05 bits per heavy atom. The number of carbonyl (C=O) groups excluding carboxylic acids is 2. The highest BCUT2D eigenvalue weighted by atomic mass is 16.6. The maximum absolute atomic E-state index is 12.0. The van der Waals surface area contributed by atoms with Crippen LogP contribution in [0.4, 0.5) is 0 Å². The van der Waals surface area contributed by atoms with Crippen LogP contribution in [-0.2, 0) is 9.59 Å². The zero-order valence-corrected chi connectivity index (χ0v) is 13.2. The maximum atomic E-state index is 12.0. The minimum Gasteiger partial charge on any atom is -0.423 e. The summed E-state index contributed by atoms with van der Waals surface area (Å²) in [5, 5.41) is 0. The second-order valence-electron chi connectivity index (χ2n) is 5.48. The van der Waals surface area contributed by atoms with Crippen molar-refractivity contribution in [2.75, 3.05) is 0 Å². The maximum Gasteiger partial charge on any atom is 0.314 e. The molecular weight excluding hydrogens is 268 g/mol. The Bertz CT molecular complexity index is 479. The van der Waals surface area contributed by atoms with E-state index in [0.717, 1.165) is 12.8 Å². The second-order valence-corrected chi connectivity index (χ2v) is 5.48. The summed E-state index contributed by atoms with van der Waals surface area (Å²) in [6, 6.07) is 6.75. The molecule has 1 rings (SSSR count). The Morgan fingerprint density at radius 3 is 2.14 bits per heavy atom. The fourth-order valence-corrected chi connectivity index (χ4v) is 1.59. The highest BCUT2D eigenvalue weighted by Gasteiger charge is 2.20. The third-order valence-corrected chi connectivity index (χ3v) is 3.39. The molecular formula is C17H24O4. The number of unbranched alkanes of at least 4 members (excludes halogenated alkanes) is 1. The van der Waals surface area contributed by atoms with Gasteiger partial charge in [-0.1, -0.05) is 46.2 Å². The normalized spacial score (nSPS) is 12.0. The van der Waals surface area contributed by atoms with Crippen molar-refractivity contribution in [3.05, 3.63) is 24.3 Å². The van der Waals surface area contributed by atoms with E-state index < -0.39 is 0 Å². The third-order valence-electron chi connectivity index (χ3n) is 3.39. The van der Waals surface area contributed by atoms with Crippen LogP contribution in [0.2, 0.25) is 0 Å². The molecule has 0 fully saturated rings. The lowest BCUT2D eigenvalue weighted by molar-refractivity contribution is -0.141. The molecule has 0 N–H and O–H groups in total. The van der Waals surface area contributed by atoms with Gasteiger partial charge in [-0.2, -0.15) is 0 Å². The Morgan fingerprint density at radius 2 is 1.62 bits per heavy atom. The molecule has 0 bridgehead atoms. The fraction of sp³-hybridized carbons (Fsp3) is 0.529. The molecule has 0 aliphatic rings. The highest BCUT2D eigenvalue weighted by Crippen LogP contribution is 2.28. The standard InChI is InChI=1S/C17H24O4/c1-5-6-11-16(18)20-14-9-7-8-10-15(14)21-17(19)13(4)12(2)3/h7-10,12-13H,5-6,11H2,1-4H3. The van der Waals surface area contributed by atoms with Gasteiger partial charge in [0.2, 0.25) is 0 Å². The van der Waals surface area contributed by atoms with E-state index in [9.17, 15) is 9.59 Å². The lowest BCUT2D eigenvalue weighted by atomic mass is 9.99. The first-order chi connectivity index (χ1) is 9.95. The number of esters is 2. The zero-order chi connectivity index (χ0) is 15.8. The topological polar surface area (TPSA) is 52.6 Å². The molecule has 0 saturated heterocycles. The Kier molecular flexibility index (Phi) is 6.92. The first kappa shape index (κ1) is 17.2. The largest absolute Gasteiger partial charge is 0.423 e. The van der Waals surface area contributed by atoms with Crippen molar-refractivity contribution in [2.45, 2.75) is 47.0 Å². The number of carbonyl (C=O) groups is 2. The average molecular weight is 292 g/mol. The van der Waals surface area contributed by atoms with Crippen LogP contribution in [0.5, 0.6) is 11.5 Å². The average Bonchev–Trinajstić information content (AvgIpc) is 2.46. The van der Waals surface area contributed by atoms with E-state index in [1.165, 1.54) is 0 Å². The molecule has 4 heteroatoms. The van der Waals surface area contributed by atoms with Gasteiger partial charge in [-0.05, 0) is 24.5 Å². The summed E-state index contributed by atoms with van der Waals surface area (Å²) in [6.07, 6.45) is 2.07. The summed E-state index contributed by atoms with van der Waals surface area (Å²) >= 11 is 0. The van der Waals surface area contributed by atoms with Gasteiger partial charge in [0.25, 0.3) is 0 Å². The zero-order valence-electron chi connectivity index (χ0n) is 13.2. The number of ether oxygens (including phenoxy) is 2. The first-order valence-electron chi connectivity index (χ1n) is 7.47. The summed E-state index contributed by atoms with van der Waals surface area (Å²) in [5.74, 6) is -0.0623. The molecule has 0 amide bonds. The molecule has 1 aromatic rings. The van der Waals surface area contributed by atoms with Crippen LogP contribution in [0.15, 0.2) is 24.3 Å². The Labute approximate surface area is 126 Å². The quantitative estimate of drug-likeness (QED) is 0.563. The second kappa shape index (κ2) is 8.45. The van der Waals surface area contributed by atoms with Crippen molar-refractivity contribution in [1.82, 2.24) is 0 Å². The lowest BCUT2D eigenvalue weighted by Crippen LogP contribution is -2.22. The fourth-order valence-electron chi connectivity index (χ4n) is 1.59. The molecule has 1 atom stereocenters. The van der Waals surface area contributed by atoms with Gasteiger partial charge in [0.1, 0.15) is 0 Å². The molecule has 4 nitrogen and oxygen atoms in total. The molecule has 0 aliphatic carbocycles. The van der Waals surface area contributed by atoms with E-state index in [1.54, 1.807) is 24.3 Å². The number of hydrogen-bond donors (Lipinski definition) is 0. The van der Waals surface area contributed by atoms with Crippen molar-refractivity contribution in [1.29, 1.82) is 0 Å². The summed E-state index contributed by atoms with van der Waals surface area (Å²) in [5.41, 5.74) is 0. The molecule has 1 aromatic carbocycles. The van der Waals surface area contributed by atoms with Gasteiger partial charge in [-0.25, -0.2) is 0 Å². The molecule has 0 radical (unpaired) electrons. The van der Waals surface area contributed by atoms with Crippen molar-refractivity contribution < 1.29 is 19.1 Å². The predicted molar refractivity (Wildman–Crippen MR) is 81.2 cm³/mol. The van der Waals surface area contributed by atoms with E-state index in [-0.39, 0.29) is 23.8 Å². The van der Waals surface area contributed by atoms with Gasteiger partial charge in [-0.3, -0.25) is 9.59 Å². The van der Waals surface area contributed by atoms with E-state index >= 15 is 0 Å². The first-order valence-corrected chi connectivity index (χ1v) is 7.47. The van der Waals surface area contributed by atoms with E-state index in [2.05, 4.69) is 0 Å². The molecule has 21 heavy (non-hydrogen) atoms. The molecule has 0 heterocycles. The van der Waals surface area contributed by atoms with Crippen LogP contribution in [0, 0.1) is 11.8 Å². The highest BCUT2D eigenvalue weighted by molar-refractivity contribution is 5.77. The van der Waals surface area contributed by atoms with Crippen LogP contribution < -0.4 is 9.47 Å². The van der Waals surface area contributed by atoms with Crippen LogP contribution in [0.25, 0.3) is 0 Å². The number of rotatable bonds is 7. The number of para-hydroxylation sites is 2. The van der Waals surface area contributed by atoms with Gasteiger partial charge in [0.15, 0.2) is 11.5 Å². The molecule has 0 aliphatic heterocycles. The minimum atomic E-state index is -0.318. The van der Waals surface area contributed by atoms with Gasteiger partial charge in [-0.15, -0.1) is 0 Å². The molecule has 0 spiro atoms. The van der Waals surface area contributed by atoms with E-state index in [0.29, 0.717) is 17.9 Å². The predicted octanol–water partition coefficient (Wildman–Crippen LogP) is 3.98. The monoisotopic (exact) mass is 292 g/mol. The molecule has 1 unspecified atom stereocenters. The summed E-state index contributed by atoms with van der Waals surface area (Å²) < 4.78 is 10.6. The van der Waals surface area contributed by atoms with Crippen LogP contribution in [-0.4, -0.2) is 11.9 Å². The van der Waals surface area contributed by atoms with E-state index in [4.69, 9.17) is 9.47 Å². The van der Waals surface area contributed by atoms with Gasteiger partial charge >= 0.3 is 11.9 Å². The third kappa shape index (κ3) is 5.58. The Balaban J connectivity index is 2.75. The van der Waals surface area contributed by atoms with Crippen molar-refractivity contribution in [3.8, 4) is 11.5 Å². The SMILES string of the molecule is CCCCC(=O)Oc1ccccc1OC(=O)C(C)C(C)C. The van der Waals surface area contributed by atoms with Crippen LogP contribution in [0.3, 0.4) is 0 Å². The number of hydrogen-bond acceptors (Lipinski definition) is 4.